The number of anilines is 1. The van der Waals surface area contributed by atoms with Crippen molar-refractivity contribution >= 4 is 35.0 Å². The molecule has 2 aromatic carbocycles. The first kappa shape index (κ1) is 14.9. The summed E-state index contributed by atoms with van der Waals surface area (Å²) in [6.45, 7) is 0. The van der Waals surface area contributed by atoms with Crippen LogP contribution >= 0.6 is 23.4 Å². The molecule has 5 heteroatoms. The summed E-state index contributed by atoms with van der Waals surface area (Å²) < 4.78 is 12.7. The molecule has 0 aliphatic heterocycles. The van der Waals surface area contributed by atoms with Crippen LogP contribution in [0.4, 0.5) is 10.1 Å². The van der Waals surface area contributed by atoms with E-state index in [4.69, 9.17) is 11.6 Å². The van der Waals surface area contributed by atoms with Gasteiger partial charge in [-0.3, -0.25) is 4.79 Å². The van der Waals surface area contributed by atoms with Crippen molar-refractivity contribution in [3.05, 3.63) is 64.9 Å². The lowest BCUT2D eigenvalue weighted by Crippen LogP contribution is -2.14. The SMILES string of the molecule is O=C(CSCc1ccc(F)cc1)Nc1ccc(Cl)cc1. The first-order valence-corrected chi connectivity index (χ1v) is 7.54. The lowest BCUT2D eigenvalue weighted by Gasteiger charge is -2.05. The van der Waals surface area contributed by atoms with Crippen molar-refractivity contribution in [3.63, 3.8) is 0 Å². The normalized spacial score (nSPS) is 10.3. The Kier molecular flexibility index (Phi) is 5.44. The van der Waals surface area contributed by atoms with E-state index in [2.05, 4.69) is 5.32 Å². The smallest absolute Gasteiger partial charge is 0.234 e. The van der Waals surface area contributed by atoms with E-state index in [0.29, 0.717) is 16.5 Å². The summed E-state index contributed by atoms with van der Waals surface area (Å²) in [4.78, 5) is 11.7. The summed E-state index contributed by atoms with van der Waals surface area (Å²) in [6.07, 6.45) is 0. The van der Waals surface area contributed by atoms with E-state index >= 15 is 0 Å². The first-order valence-electron chi connectivity index (χ1n) is 6.01. The van der Waals surface area contributed by atoms with Gasteiger partial charge in [0.05, 0.1) is 5.75 Å². The molecule has 0 spiro atoms. The predicted molar refractivity (Wildman–Crippen MR) is 82.6 cm³/mol. The van der Waals surface area contributed by atoms with Crippen LogP contribution in [0.5, 0.6) is 0 Å². The van der Waals surface area contributed by atoms with Gasteiger partial charge in [-0.25, -0.2) is 4.39 Å². The molecule has 1 amide bonds. The number of amides is 1. The Hall–Kier alpha value is -1.52. The second-order valence-corrected chi connectivity index (χ2v) is 5.60. The fourth-order valence-electron chi connectivity index (χ4n) is 1.57. The fourth-order valence-corrected chi connectivity index (χ4v) is 2.49. The molecule has 1 N–H and O–H groups in total. The van der Waals surface area contributed by atoms with E-state index in [1.807, 2.05) is 0 Å². The molecule has 2 aromatic rings. The molecule has 2 rings (SSSR count). The number of halogens is 2. The van der Waals surface area contributed by atoms with E-state index in [1.165, 1.54) is 23.9 Å². The number of hydrogen-bond donors (Lipinski definition) is 1. The molecular formula is C15H13ClFNOS. The third-order valence-electron chi connectivity index (χ3n) is 2.54. The lowest BCUT2D eigenvalue weighted by atomic mass is 10.2. The highest BCUT2D eigenvalue weighted by molar-refractivity contribution is 7.99. The van der Waals surface area contributed by atoms with Gasteiger partial charge in [-0.15, -0.1) is 11.8 Å². The van der Waals surface area contributed by atoms with Crippen LogP contribution in [-0.4, -0.2) is 11.7 Å². The number of nitrogens with one attached hydrogen (secondary N) is 1. The molecule has 2 nitrogen and oxygen atoms in total. The molecule has 0 saturated carbocycles. The Morgan fingerprint density at radius 2 is 1.75 bits per heavy atom. The van der Waals surface area contributed by atoms with Gasteiger partial charge in [-0.1, -0.05) is 23.7 Å². The molecular weight excluding hydrogens is 297 g/mol. The molecule has 0 aliphatic carbocycles. The van der Waals surface area contributed by atoms with Crippen LogP contribution in [0.2, 0.25) is 5.02 Å². The minimum Gasteiger partial charge on any atom is -0.325 e. The monoisotopic (exact) mass is 309 g/mol. The van der Waals surface area contributed by atoms with E-state index < -0.39 is 0 Å². The van der Waals surface area contributed by atoms with Gasteiger partial charge in [-0.05, 0) is 42.0 Å². The van der Waals surface area contributed by atoms with Crippen molar-refractivity contribution in [2.75, 3.05) is 11.1 Å². The molecule has 0 radical (unpaired) electrons. The van der Waals surface area contributed by atoms with Crippen LogP contribution in [0, 0.1) is 5.82 Å². The van der Waals surface area contributed by atoms with Crippen LogP contribution in [-0.2, 0) is 10.5 Å². The Morgan fingerprint density at radius 3 is 2.40 bits per heavy atom. The number of carbonyl (C=O) groups is 1. The average molecular weight is 310 g/mol. The van der Waals surface area contributed by atoms with E-state index in [0.717, 1.165) is 11.3 Å². The number of thioether (sulfide) groups is 1. The first-order chi connectivity index (χ1) is 9.63. The van der Waals surface area contributed by atoms with E-state index in [9.17, 15) is 9.18 Å². The quantitative estimate of drug-likeness (QED) is 0.889. The Balaban J connectivity index is 1.75. The minimum atomic E-state index is -0.251. The number of carbonyl (C=O) groups excluding carboxylic acids is 1. The highest BCUT2D eigenvalue weighted by Gasteiger charge is 2.03. The van der Waals surface area contributed by atoms with Gasteiger partial charge in [0.15, 0.2) is 0 Å². The third kappa shape index (κ3) is 4.87. The van der Waals surface area contributed by atoms with Gasteiger partial charge in [0.25, 0.3) is 0 Å². The van der Waals surface area contributed by atoms with Gasteiger partial charge < -0.3 is 5.32 Å². The maximum Gasteiger partial charge on any atom is 0.234 e. The molecule has 0 bridgehead atoms. The van der Waals surface area contributed by atoms with Crippen LogP contribution in [0.1, 0.15) is 5.56 Å². The van der Waals surface area contributed by atoms with E-state index in [-0.39, 0.29) is 11.7 Å². The Morgan fingerprint density at radius 1 is 1.10 bits per heavy atom. The van der Waals surface area contributed by atoms with Crippen molar-refractivity contribution < 1.29 is 9.18 Å². The van der Waals surface area contributed by atoms with Crippen LogP contribution < -0.4 is 5.32 Å². The lowest BCUT2D eigenvalue weighted by molar-refractivity contribution is -0.113. The maximum atomic E-state index is 12.7. The fraction of sp³-hybridized carbons (Fsp3) is 0.133. The summed E-state index contributed by atoms with van der Waals surface area (Å²) in [6, 6.07) is 13.2. The molecule has 0 unspecified atom stereocenters. The van der Waals surface area contributed by atoms with Crippen molar-refractivity contribution in [3.8, 4) is 0 Å². The highest BCUT2D eigenvalue weighted by atomic mass is 35.5. The number of rotatable bonds is 5. The summed E-state index contributed by atoms with van der Waals surface area (Å²) in [5.41, 5.74) is 1.72. The minimum absolute atomic E-state index is 0.0700. The van der Waals surface area contributed by atoms with Crippen molar-refractivity contribution in [2.24, 2.45) is 0 Å². The Bertz CT molecular complexity index is 571. The molecule has 0 aliphatic rings. The largest absolute Gasteiger partial charge is 0.325 e. The molecule has 104 valence electrons. The second kappa shape index (κ2) is 7.31. The number of benzene rings is 2. The summed E-state index contributed by atoms with van der Waals surface area (Å²) in [5.74, 6) is 0.701. The third-order valence-corrected chi connectivity index (χ3v) is 3.80. The van der Waals surface area contributed by atoms with Gasteiger partial charge in [0, 0.05) is 16.5 Å². The van der Waals surface area contributed by atoms with E-state index in [1.54, 1.807) is 36.4 Å². The Labute approximate surface area is 126 Å². The molecule has 20 heavy (non-hydrogen) atoms. The molecule has 0 fully saturated rings. The zero-order valence-electron chi connectivity index (χ0n) is 10.6. The average Bonchev–Trinajstić information content (AvgIpc) is 2.44. The van der Waals surface area contributed by atoms with Gasteiger partial charge in [0.2, 0.25) is 5.91 Å². The molecule has 0 saturated heterocycles. The summed E-state index contributed by atoms with van der Waals surface area (Å²) >= 11 is 7.25. The van der Waals surface area contributed by atoms with Crippen molar-refractivity contribution in [1.82, 2.24) is 0 Å². The van der Waals surface area contributed by atoms with Crippen molar-refractivity contribution in [2.45, 2.75) is 5.75 Å². The summed E-state index contributed by atoms with van der Waals surface area (Å²) in [7, 11) is 0. The topological polar surface area (TPSA) is 29.1 Å². The van der Waals surface area contributed by atoms with Gasteiger partial charge >= 0.3 is 0 Å². The standard InChI is InChI=1S/C15H13ClFNOS/c16-12-3-7-14(8-4-12)18-15(19)10-20-9-11-1-5-13(17)6-2-11/h1-8H,9-10H2,(H,18,19). The highest BCUT2D eigenvalue weighted by Crippen LogP contribution is 2.15. The van der Waals surface area contributed by atoms with Crippen LogP contribution in [0.3, 0.4) is 0 Å². The number of hydrogen-bond acceptors (Lipinski definition) is 2. The van der Waals surface area contributed by atoms with Crippen LogP contribution in [0.15, 0.2) is 48.5 Å². The predicted octanol–water partition coefficient (Wildman–Crippen LogP) is 4.35. The zero-order valence-corrected chi connectivity index (χ0v) is 12.2. The maximum absolute atomic E-state index is 12.7. The summed E-state index contributed by atoms with van der Waals surface area (Å²) in [5, 5.41) is 3.42. The molecule has 0 aromatic heterocycles. The van der Waals surface area contributed by atoms with Gasteiger partial charge in [-0.2, -0.15) is 0 Å². The van der Waals surface area contributed by atoms with Crippen LogP contribution in [0.25, 0.3) is 0 Å². The second-order valence-electron chi connectivity index (χ2n) is 4.17. The molecule has 0 heterocycles. The molecule has 0 atom stereocenters. The van der Waals surface area contributed by atoms with Crippen molar-refractivity contribution in [1.29, 1.82) is 0 Å². The zero-order chi connectivity index (χ0) is 14.4. The van der Waals surface area contributed by atoms with Gasteiger partial charge in [0.1, 0.15) is 5.82 Å².